The quantitative estimate of drug-likeness (QED) is 0.506. The van der Waals surface area contributed by atoms with Crippen molar-refractivity contribution in [3.8, 4) is 0 Å². The zero-order valence-corrected chi connectivity index (χ0v) is 20.1. The van der Waals surface area contributed by atoms with Crippen molar-refractivity contribution in [2.75, 3.05) is 50.7 Å². The lowest BCUT2D eigenvalue weighted by Crippen LogP contribution is -2.72. The van der Waals surface area contributed by atoms with Gasteiger partial charge in [0.1, 0.15) is 6.04 Å². The van der Waals surface area contributed by atoms with Gasteiger partial charge in [0.2, 0.25) is 17.7 Å². The topological polar surface area (TPSA) is 136 Å². The summed E-state index contributed by atoms with van der Waals surface area (Å²) in [5.41, 5.74) is 7.40. The normalized spacial score (nSPS) is 27.3. The van der Waals surface area contributed by atoms with Gasteiger partial charge in [-0.25, -0.2) is 0 Å². The van der Waals surface area contributed by atoms with Crippen LogP contribution in [-0.2, 0) is 14.4 Å². The highest BCUT2D eigenvalue weighted by Gasteiger charge is 2.53. The van der Waals surface area contributed by atoms with E-state index in [0.29, 0.717) is 29.8 Å². The molecule has 1 aromatic rings. The molecule has 0 aromatic heterocycles. The molecule has 0 aliphatic carbocycles. The van der Waals surface area contributed by atoms with Crippen molar-refractivity contribution in [1.82, 2.24) is 20.0 Å². The number of anilines is 1. The maximum atomic E-state index is 13.3. The zero-order valence-electron chi connectivity index (χ0n) is 20.1. The van der Waals surface area contributed by atoms with Crippen LogP contribution in [-0.4, -0.2) is 102 Å². The predicted octanol–water partition coefficient (Wildman–Crippen LogP) is -0.840. The summed E-state index contributed by atoms with van der Waals surface area (Å²) in [6.45, 7) is 5.50. The van der Waals surface area contributed by atoms with Crippen LogP contribution in [0.5, 0.6) is 0 Å². The van der Waals surface area contributed by atoms with Gasteiger partial charge in [-0.05, 0) is 25.0 Å². The molecule has 0 radical (unpaired) electrons. The van der Waals surface area contributed by atoms with E-state index in [1.54, 1.807) is 12.1 Å². The number of carbonyl (C=O) groups is 5. The summed E-state index contributed by atoms with van der Waals surface area (Å²) < 4.78 is 0. The Morgan fingerprint density at radius 1 is 1.06 bits per heavy atom. The Morgan fingerprint density at radius 3 is 2.53 bits per heavy atom. The first-order valence-electron chi connectivity index (χ1n) is 12.6. The minimum absolute atomic E-state index is 0.0962. The van der Waals surface area contributed by atoms with Crippen molar-refractivity contribution in [2.45, 2.75) is 37.8 Å². The van der Waals surface area contributed by atoms with Gasteiger partial charge in [0.25, 0.3) is 11.8 Å². The van der Waals surface area contributed by atoms with Gasteiger partial charge in [-0.1, -0.05) is 6.07 Å². The number of hydrogen-bond donors (Lipinski definition) is 2. The lowest BCUT2D eigenvalue weighted by Gasteiger charge is -2.61. The fourth-order valence-electron chi connectivity index (χ4n) is 6.38. The number of likely N-dealkylation sites (tertiary alicyclic amines) is 2. The SMILES string of the molecule is N[C@H]1CCN(C(=O)CCN2CC3(C2)CN(c2cccc4c2C(=O)N(C2CCC(=O)NC2=O)C4=O)C3)C1. The third-order valence-corrected chi connectivity index (χ3v) is 8.18. The highest BCUT2D eigenvalue weighted by Crippen LogP contribution is 2.44. The van der Waals surface area contributed by atoms with Crippen molar-refractivity contribution in [3.05, 3.63) is 29.3 Å². The molecular formula is C25H30N6O5. The van der Waals surface area contributed by atoms with Gasteiger partial charge in [0, 0.05) is 70.1 Å². The number of piperidine rings is 1. The second-order valence-electron chi connectivity index (χ2n) is 10.9. The average molecular weight is 495 g/mol. The number of benzene rings is 1. The number of nitrogens with zero attached hydrogens (tertiary/aromatic N) is 4. The van der Waals surface area contributed by atoms with Gasteiger partial charge in [0.15, 0.2) is 0 Å². The minimum Gasteiger partial charge on any atom is -0.369 e. The molecule has 36 heavy (non-hydrogen) atoms. The number of carbonyl (C=O) groups excluding carboxylic acids is 5. The summed E-state index contributed by atoms with van der Waals surface area (Å²) >= 11 is 0. The fourth-order valence-corrected chi connectivity index (χ4v) is 6.38. The van der Waals surface area contributed by atoms with Crippen molar-refractivity contribution in [3.63, 3.8) is 0 Å². The third kappa shape index (κ3) is 3.68. The third-order valence-electron chi connectivity index (χ3n) is 8.18. The van der Waals surface area contributed by atoms with Gasteiger partial charge >= 0.3 is 0 Å². The smallest absolute Gasteiger partial charge is 0.264 e. The largest absolute Gasteiger partial charge is 0.369 e. The molecular weight excluding hydrogens is 464 g/mol. The molecule has 1 aromatic carbocycles. The first kappa shape index (κ1) is 23.1. The van der Waals surface area contributed by atoms with Crippen molar-refractivity contribution in [1.29, 1.82) is 0 Å². The number of amides is 5. The summed E-state index contributed by atoms with van der Waals surface area (Å²) in [6, 6.07) is 4.36. The summed E-state index contributed by atoms with van der Waals surface area (Å²) in [6.07, 6.45) is 1.61. The Morgan fingerprint density at radius 2 is 1.83 bits per heavy atom. The Kier molecular flexibility index (Phi) is 5.38. The van der Waals surface area contributed by atoms with Crippen molar-refractivity contribution in [2.24, 2.45) is 11.1 Å². The van der Waals surface area contributed by atoms with E-state index in [-0.39, 0.29) is 30.2 Å². The van der Waals surface area contributed by atoms with E-state index in [2.05, 4.69) is 15.1 Å². The van der Waals surface area contributed by atoms with Crippen LogP contribution in [0, 0.1) is 5.41 Å². The second kappa shape index (κ2) is 8.38. The maximum absolute atomic E-state index is 13.3. The van der Waals surface area contributed by atoms with Crippen molar-refractivity contribution >= 4 is 35.2 Å². The number of imide groups is 2. The number of fused-ring (bicyclic) bond motifs is 1. The van der Waals surface area contributed by atoms with Crippen LogP contribution >= 0.6 is 0 Å². The monoisotopic (exact) mass is 494 g/mol. The van der Waals surface area contributed by atoms with Gasteiger partial charge in [-0.3, -0.25) is 34.2 Å². The predicted molar refractivity (Wildman–Crippen MR) is 128 cm³/mol. The molecule has 5 amide bonds. The Labute approximate surface area is 208 Å². The van der Waals surface area contributed by atoms with E-state index in [1.165, 1.54) is 0 Å². The second-order valence-corrected chi connectivity index (χ2v) is 10.9. The summed E-state index contributed by atoms with van der Waals surface area (Å²) in [5, 5.41) is 2.23. The molecule has 0 bridgehead atoms. The van der Waals surface area contributed by atoms with E-state index in [0.717, 1.165) is 50.6 Å². The molecule has 5 aliphatic heterocycles. The number of nitrogens with one attached hydrogen (secondary N) is 1. The van der Waals surface area contributed by atoms with Crippen LogP contribution in [0.4, 0.5) is 5.69 Å². The van der Waals surface area contributed by atoms with Gasteiger partial charge < -0.3 is 20.4 Å². The lowest BCUT2D eigenvalue weighted by atomic mass is 9.72. The summed E-state index contributed by atoms with van der Waals surface area (Å²) in [4.78, 5) is 69.9. The summed E-state index contributed by atoms with van der Waals surface area (Å²) in [5.74, 6) is -1.79. The van der Waals surface area contributed by atoms with Crippen molar-refractivity contribution < 1.29 is 24.0 Å². The van der Waals surface area contributed by atoms with Gasteiger partial charge in [-0.15, -0.1) is 0 Å². The molecule has 1 spiro atoms. The average Bonchev–Trinajstić information content (AvgIpc) is 3.33. The highest BCUT2D eigenvalue weighted by atomic mass is 16.2. The molecule has 4 saturated heterocycles. The lowest BCUT2D eigenvalue weighted by molar-refractivity contribution is -0.136. The standard InChI is InChI=1S/C25H30N6O5/c26-15-6-9-29(10-15)20(33)7-8-28-11-25(12-28)13-30(14-25)17-3-1-2-16-21(17)24(36)31(23(16)35)18-4-5-19(32)27-22(18)34/h1-3,15,18H,4-14,26H2,(H,27,32,34)/t15-,18?/m0/s1. The van der Waals surface area contributed by atoms with Crippen LogP contribution in [0.25, 0.3) is 0 Å². The Balaban J connectivity index is 1.07. The van der Waals surface area contributed by atoms with Crippen LogP contribution in [0.3, 0.4) is 0 Å². The number of rotatable bonds is 5. The van der Waals surface area contributed by atoms with E-state index in [1.807, 2.05) is 11.0 Å². The van der Waals surface area contributed by atoms with E-state index >= 15 is 0 Å². The zero-order chi connectivity index (χ0) is 25.2. The summed E-state index contributed by atoms with van der Waals surface area (Å²) in [7, 11) is 0. The molecule has 3 N–H and O–H groups in total. The van der Waals surface area contributed by atoms with Crippen LogP contribution in [0.15, 0.2) is 18.2 Å². The Hall–Kier alpha value is -3.31. The van der Waals surface area contributed by atoms with E-state index in [9.17, 15) is 24.0 Å². The number of hydrogen-bond acceptors (Lipinski definition) is 8. The first-order valence-corrected chi connectivity index (χ1v) is 12.6. The number of nitrogens with two attached hydrogens (primary N) is 1. The molecule has 11 nitrogen and oxygen atoms in total. The molecule has 6 rings (SSSR count). The molecule has 0 saturated carbocycles. The van der Waals surface area contributed by atoms with Crippen LogP contribution in [0.2, 0.25) is 0 Å². The van der Waals surface area contributed by atoms with Crippen LogP contribution in [0.1, 0.15) is 46.4 Å². The fraction of sp³-hybridized carbons (Fsp3) is 0.560. The molecule has 4 fully saturated rings. The van der Waals surface area contributed by atoms with E-state index < -0.39 is 29.7 Å². The van der Waals surface area contributed by atoms with Crippen LogP contribution < -0.4 is 16.0 Å². The highest BCUT2D eigenvalue weighted by molar-refractivity contribution is 6.25. The molecule has 5 aliphatic rings. The first-order chi connectivity index (χ1) is 17.2. The van der Waals surface area contributed by atoms with E-state index in [4.69, 9.17) is 5.73 Å². The van der Waals surface area contributed by atoms with Gasteiger partial charge in [-0.2, -0.15) is 0 Å². The maximum Gasteiger partial charge on any atom is 0.264 e. The Bertz CT molecular complexity index is 1170. The minimum atomic E-state index is -0.968. The molecule has 2 atom stereocenters. The van der Waals surface area contributed by atoms with Gasteiger partial charge in [0.05, 0.1) is 16.8 Å². The molecule has 11 heteroatoms. The molecule has 190 valence electrons. The molecule has 5 heterocycles. The molecule has 1 unspecified atom stereocenters.